The van der Waals surface area contributed by atoms with E-state index in [9.17, 15) is 4.79 Å². The van der Waals surface area contributed by atoms with E-state index in [1.54, 1.807) is 13.3 Å². The van der Waals surface area contributed by atoms with Crippen LogP contribution in [0.25, 0.3) is 22.2 Å². The van der Waals surface area contributed by atoms with Gasteiger partial charge in [-0.1, -0.05) is 11.6 Å². The second-order valence-corrected chi connectivity index (χ2v) is 8.90. The first-order chi connectivity index (χ1) is 15.1. The topological polar surface area (TPSA) is 91.9 Å². The molecule has 7 nitrogen and oxygen atoms in total. The van der Waals surface area contributed by atoms with Crippen LogP contribution in [-0.4, -0.2) is 40.1 Å². The zero-order valence-electron chi connectivity index (χ0n) is 17.5. The molecule has 31 heavy (non-hydrogen) atoms. The number of amides is 1. The number of H-pyrrole nitrogens is 1. The fraction of sp³-hybridized carbons (Fsp3) is 0.435. The van der Waals surface area contributed by atoms with Crippen molar-refractivity contribution >= 4 is 34.4 Å². The Morgan fingerprint density at radius 3 is 2.65 bits per heavy atom. The predicted octanol–water partition coefficient (Wildman–Crippen LogP) is 4.54. The highest BCUT2D eigenvalue weighted by molar-refractivity contribution is 6.29. The van der Waals surface area contributed by atoms with Crippen molar-refractivity contribution in [2.45, 2.75) is 50.6 Å². The lowest BCUT2D eigenvalue weighted by Gasteiger charge is -2.30. The molecule has 5 rings (SSSR count). The number of aromatic nitrogens is 3. The van der Waals surface area contributed by atoms with Crippen molar-refractivity contribution in [2.24, 2.45) is 5.92 Å². The van der Waals surface area contributed by atoms with Crippen LogP contribution in [0.1, 0.15) is 38.5 Å². The Hall–Kier alpha value is -2.80. The first kappa shape index (κ1) is 20.1. The lowest BCUT2D eigenvalue weighted by atomic mass is 9.91. The second kappa shape index (κ2) is 8.38. The Kier molecular flexibility index (Phi) is 5.44. The summed E-state index contributed by atoms with van der Waals surface area (Å²) in [6, 6.07) is 6.46. The predicted molar refractivity (Wildman–Crippen MR) is 121 cm³/mol. The van der Waals surface area contributed by atoms with E-state index in [1.165, 1.54) is 0 Å². The number of halogens is 1. The second-order valence-electron chi connectivity index (χ2n) is 8.51. The third-order valence-corrected chi connectivity index (χ3v) is 6.41. The van der Waals surface area contributed by atoms with Crippen molar-refractivity contribution in [1.82, 2.24) is 20.3 Å². The fourth-order valence-corrected chi connectivity index (χ4v) is 4.53. The van der Waals surface area contributed by atoms with Gasteiger partial charge >= 0.3 is 0 Å². The third kappa shape index (κ3) is 4.46. The number of nitrogens with one attached hydrogen (secondary N) is 3. The van der Waals surface area contributed by atoms with Gasteiger partial charge in [-0.05, 0) is 62.3 Å². The van der Waals surface area contributed by atoms with Gasteiger partial charge in [-0.2, -0.15) is 0 Å². The molecule has 0 saturated heterocycles. The summed E-state index contributed by atoms with van der Waals surface area (Å²) in [4.78, 5) is 24.1. The van der Waals surface area contributed by atoms with Crippen molar-refractivity contribution in [3.63, 3.8) is 0 Å². The number of anilines is 1. The summed E-state index contributed by atoms with van der Waals surface area (Å²) < 4.78 is 5.33. The van der Waals surface area contributed by atoms with Crippen molar-refractivity contribution < 1.29 is 9.53 Å². The maximum Gasteiger partial charge on any atom is 0.223 e. The van der Waals surface area contributed by atoms with Gasteiger partial charge in [0.05, 0.1) is 13.3 Å². The molecule has 3 aromatic rings. The molecule has 8 heteroatoms. The fourth-order valence-electron chi connectivity index (χ4n) is 4.32. The third-order valence-electron chi connectivity index (χ3n) is 6.22. The van der Waals surface area contributed by atoms with Gasteiger partial charge in [-0.3, -0.25) is 4.79 Å². The van der Waals surface area contributed by atoms with Crippen molar-refractivity contribution in [1.29, 1.82) is 0 Å². The van der Waals surface area contributed by atoms with Crippen LogP contribution in [0.4, 0.5) is 5.82 Å². The molecule has 3 aromatic heterocycles. The Labute approximate surface area is 185 Å². The molecule has 0 bridgehead atoms. The Bertz CT molecular complexity index is 1100. The molecule has 162 valence electrons. The highest BCUT2D eigenvalue weighted by Crippen LogP contribution is 2.33. The Balaban J connectivity index is 1.29. The lowest BCUT2D eigenvalue weighted by Crippen LogP contribution is -2.40. The smallest absolute Gasteiger partial charge is 0.223 e. The Morgan fingerprint density at radius 1 is 1.13 bits per heavy atom. The van der Waals surface area contributed by atoms with E-state index >= 15 is 0 Å². The van der Waals surface area contributed by atoms with E-state index in [1.807, 2.05) is 24.4 Å². The number of ether oxygens (including phenoxy) is 1. The van der Waals surface area contributed by atoms with Gasteiger partial charge in [0.15, 0.2) is 0 Å². The van der Waals surface area contributed by atoms with E-state index in [0.717, 1.165) is 66.5 Å². The minimum atomic E-state index is 0.238. The molecule has 0 atom stereocenters. The normalized spacial score (nSPS) is 21.1. The minimum absolute atomic E-state index is 0.238. The summed E-state index contributed by atoms with van der Waals surface area (Å²) >= 11 is 6.36. The number of hydrogen-bond donors (Lipinski definition) is 3. The quantitative estimate of drug-likeness (QED) is 0.490. The number of rotatable bonds is 6. The van der Waals surface area contributed by atoms with E-state index < -0.39 is 0 Å². The molecule has 1 amide bonds. The number of aromatic amines is 1. The zero-order valence-corrected chi connectivity index (χ0v) is 18.2. The number of hydrogen-bond acceptors (Lipinski definition) is 5. The maximum atomic E-state index is 12.0. The van der Waals surface area contributed by atoms with Crippen LogP contribution in [-0.2, 0) is 4.79 Å². The van der Waals surface area contributed by atoms with Gasteiger partial charge < -0.3 is 20.4 Å². The molecule has 0 aromatic carbocycles. The summed E-state index contributed by atoms with van der Waals surface area (Å²) in [7, 11) is 1.63. The van der Waals surface area contributed by atoms with Gasteiger partial charge in [0.2, 0.25) is 5.91 Å². The number of fused-ring (bicyclic) bond motifs is 1. The molecule has 2 saturated carbocycles. The number of methoxy groups -OCH3 is 1. The first-order valence-electron chi connectivity index (χ1n) is 10.8. The Morgan fingerprint density at radius 2 is 1.90 bits per heavy atom. The van der Waals surface area contributed by atoms with Crippen LogP contribution in [0.3, 0.4) is 0 Å². The van der Waals surface area contributed by atoms with E-state index in [-0.39, 0.29) is 11.8 Å². The van der Waals surface area contributed by atoms with Crippen LogP contribution in [0.5, 0.6) is 5.75 Å². The molecule has 3 heterocycles. The molecule has 0 radical (unpaired) electrons. The van der Waals surface area contributed by atoms with Crippen molar-refractivity contribution in [3.05, 3.63) is 35.7 Å². The van der Waals surface area contributed by atoms with E-state index in [2.05, 4.69) is 25.6 Å². The largest absolute Gasteiger partial charge is 0.495 e. The average Bonchev–Trinajstić information content (AvgIpc) is 3.54. The van der Waals surface area contributed by atoms with Gasteiger partial charge in [0.25, 0.3) is 0 Å². The monoisotopic (exact) mass is 439 g/mol. The van der Waals surface area contributed by atoms with Crippen LogP contribution in [0.15, 0.2) is 30.6 Å². The standard InChI is InChI=1S/C23H26ClN5O2/c1-31-17-10-18-19(12-26-22(18)25-11-17)14-8-20(24)29-21(9-14)27-15-4-6-16(7-5-15)28-23(30)13-2-3-13/h8-13,15-16H,2-7H2,1H3,(H,25,26)(H,27,29)(H,28,30)/t15-,16-. The van der Waals surface area contributed by atoms with Crippen LogP contribution in [0, 0.1) is 5.92 Å². The average molecular weight is 440 g/mol. The molecule has 2 fully saturated rings. The summed E-state index contributed by atoms with van der Waals surface area (Å²) in [6.45, 7) is 0. The van der Waals surface area contributed by atoms with Gasteiger partial charge in [0, 0.05) is 35.1 Å². The highest BCUT2D eigenvalue weighted by Gasteiger charge is 2.32. The number of pyridine rings is 2. The number of carbonyl (C=O) groups excluding carboxylic acids is 1. The number of nitrogens with zero attached hydrogens (tertiary/aromatic N) is 2. The SMILES string of the molecule is COc1cnc2[nH]cc(-c3cc(Cl)nc(N[C@H]4CC[C@H](NC(=O)C5CC5)CC4)c3)c2c1. The summed E-state index contributed by atoms with van der Waals surface area (Å²) in [5.41, 5.74) is 2.76. The van der Waals surface area contributed by atoms with Crippen LogP contribution in [0.2, 0.25) is 5.15 Å². The van der Waals surface area contributed by atoms with Gasteiger partial charge in [0.1, 0.15) is 22.4 Å². The van der Waals surface area contributed by atoms with Crippen molar-refractivity contribution in [3.8, 4) is 16.9 Å². The minimum Gasteiger partial charge on any atom is -0.495 e. The number of carbonyl (C=O) groups is 1. The molecule has 0 aliphatic heterocycles. The highest BCUT2D eigenvalue weighted by atomic mass is 35.5. The van der Waals surface area contributed by atoms with E-state index in [4.69, 9.17) is 16.3 Å². The summed E-state index contributed by atoms with van der Waals surface area (Å²) in [6.07, 6.45) is 9.67. The zero-order chi connectivity index (χ0) is 21.4. The van der Waals surface area contributed by atoms with Gasteiger partial charge in [-0.15, -0.1) is 0 Å². The summed E-state index contributed by atoms with van der Waals surface area (Å²) in [5.74, 6) is 1.97. The molecule has 2 aliphatic carbocycles. The van der Waals surface area contributed by atoms with Gasteiger partial charge in [-0.25, -0.2) is 9.97 Å². The molecular weight excluding hydrogens is 414 g/mol. The first-order valence-corrected chi connectivity index (χ1v) is 11.2. The molecule has 2 aliphatic rings. The molecule has 0 spiro atoms. The summed E-state index contributed by atoms with van der Waals surface area (Å²) in [5, 5.41) is 8.16. The molecule has 0 unspecified atom stereocenters. The van der Waals surface area contributed by atoms with Crippen molar-refractivity contribution in [2.75, 3.05) is 12.4 Å². The molecule has 3 N–H and O–H groups in total. The van der Waals surface area contributed by atoms with Crippen LogP contribution >= 0.6 is 11.6 Å². The molecular formula is C23H26ClN5O2. The van der Waals surface area contributed by atoms with Crippen LogP contribution < -0.4 is 15.4 Å². The van der Waals surface area contributed by atoms with E-state index in [0.29, 0.717) is 23.0 Å². The lowest BCUT2D eigenvalue weighted by molar-refractivity contribution is -0.123. The maximum absolute atomic E-state index is 12.0.